The van der Waals surface area contributed by atoms with Crippen molar-refractivity contribution in [2.75, 3.05) is 37.8 Å². The van der Waals surface area contributed by atoms with Gasteiger partial charge >= 0.3 is 0 Å². The van der Waals surface area contributed by atoms with Crippen LogP contribution in [0.15, 0.2) is 22.6 Å². The number of nitrogens with zero attached hydrogens (tertiary/aromatic N) is 3. The summed E-state index contributed by atoms with van der Waals surface area (Å²) in [6.07, 6.45) is 1.19. The molecule has 1 aromatic carbocycles. The molecular formula is C13H16FN3O3S. The highest BCUT2D eigenvalue weighted by Gasteiger charge is 2.32. The first-order valence-corrected chi connectivity index (χ1v) is 8.40. The number of rotatable bonds is 4. The first kappa shape index (κ1) is 14.3. The molecule has 6 nitrogen and oxygen atoms in total. The largest absolute Gasteiger partial charge is 0.423 e. The van der Waals surface area contributed by atoms with E-state index in [1.807, 2.05) is 4.90 Å². The molecule has 0 radical (unpaired) electrons. The lowest BCUT2D eigenvalue weighted by Gasteiger charge is -2.39. The fourth-order valence-electron chi connectivity index (χ4n) is 2.36. The normalized spacial score (nSPS) is 16.7. The third kappa shape index (κ3) is 2.86. The maximum atomic E-state index is 13.1. The van der Waals surface area contributed by atoms with Crippen molar-refractivity contribution >= 4 is 27.1 Å². The lowest BCUT2D eigenvalue weighted by atomic mass is 10.0. The molecular weight excluding hydrogens is 297 g/mol. The standard InChI is InChI=1S/C13H16FN3O3S/c1-16(21(2,18)19)6-9-7-17(8-9)13-15-11-4-3-10(14)5-12(11)20-13/h3-5,9H,6-8H2,1-2H3. The van der Waals surface area contributed by atoms with Crippen molar-refractivity contribution in [3.8, 4) is 0 Å². The predicted octanol–water partition coefficient (Wildman–Crippen LogP) is 1.29. The van der Waals surface area contributed by atoms with Crippen LogP contribution in [0.3, 0.4) is 0 Å². The molecule has 0 N–H and O–H groups in total. The number of anilines is 1. The second-order valence-electron chi connectivity index (χ2n) is 5.42. The monoisotopic (exact) mass is 313 g/mol. The predicted molar refractivity (Wildman–Crippen MR) is 77.1 cm³/mol. The molecule has 8 heteroatoms. The molecule has 3 rings (SSSR count). The van der Waals surface area contributed by atoms with Crippen LogP contribution >= 0.6 is 0 Å². The first-order chi connectivity index (χ1) is 9.83. The molecule has 0 spiro atoms. The number of aromatic nitrogens is 1. The van der Waals surface area contributed by atoms with Gasteiger partial charge in [0.15, 0.2) is 5.58 Å². The summed E-state index contributed by atoms with van der Waals surface area (Å²) in [5, 5.41) is 0. The second kappa shape index (κ2) is 4.96. The zero-order chi connectivity index (χ0) is 15.2. The number of halogens is 1. The summed E-state index contributed by atoms with van der Waals surface area (Å²) in [6, 6.07) is 4.68. The number of oxazole rings is 1. The van der Waals surface area contributed by atoms with Crippen molar-refractivity contribution in [3.63, 3.8) is 0 Å². The van der Waals surface area contributed by atoms with E-state index in [-0.39, 0.29) is 11.7 Å². The van der Waals surface area contributed by atoms with Gasteiger partial charge in [-0.25, -0.2) is 17.1 Å². The maximum Gasteiger partial charge on any atom is 0.298 e. The topological polar surface area (TPSA) is 66.7 Å². The van der Waals surface area contributed by atoms with Gasteiger partial charge in [-0.05, 0) is 12.1 Å². The lowest BCUT2D eigenvalue weighted by Crippen LogP contribution is -2.51. The van der Waals surface area contributed by atoms with Gasteiger partial charge in [0.1, 0.15) is 11.3 Å². The van der Waals surface area contributed by atoms with Crippen LogP contribution in [0.4, 0.5) is 10.4 Å². The molecule has 0 amide bonds. The highest BCUT2D eigenvalue weighted by molar-refractivity contribution is 7.88. The van der Waals surface area contributed by atoms with Gasteiger partial charge in [-0.1, -0.05) is 0 Å². The van der Waals surface area contributed by atoms with Gasteiger partial charge in [-0.15, -0.1) is 0 Å². The van der Waals surface area contributed by atoms with Crippen LogP contribution in [0, 0.1) is 11.7 Å². The van der Waals surface area contributed by atoms with Gasteiger partial charge in [-0.2, -0.15) is 4.98 Å². The van der Waals surface area contributed by atoms with Crippen LogP contribution in [0.2, 0.25) is 0 Å². The van der Waals surface area contributed by atoms with Gasteiger partial charge in [0.2, 0.25) is 10.0 Å². The fourth-order valence-corrected chi connectivity index (χ4v) is 2.84. The van der Waals surface area contributed by atoms with Crippen molar-refractivity contribution < 1.29 is 17.2 Å². The van der Waals surface area contributed by atoms with Crippen LogP contribution in [0.5, 0.6) is 0 Å². The van der Waals surface area contributed by atoms with Crippen molar-refractivity contribution in [1.29, 1.82) is 0 Å². The molecule has 1 aromatic heterocycles. The van der Waals surface area contributed by atoms with Gasteiger partial charge in [-0.3, -0.25) is 0 Å². The summed E-state index contributed by atoms with van der Waals surface area (Å²) in [6.45, 7) is 1.83. The van der Waals surface area contributed by atoms with Gasteiger partial charge in [0, 0.05) is 38.7 Å². The summed E-state index contributed by atoms with van der Waals surface area (Å²) >= 11 is 0. The lowest BCUT2D eigenvalue weighted by molar-refractivity contribution is 0.315. The Morgan fingerprint density at radius 1 is 1.48 bits per heavy atom. The minimum atomic E-state index is -3.15. The minimum Gasteiger partial charge on any atom is -0.423 e. The van der Waals surface area contributed by atoms with Crippen molar-refractivity contribution in [2.45, 2.75) is 0 Å². The van der Waals surface area contributed by atoms with E-state index in [1.165, 1.54) is 22.7 Å². The summed E-state index contributed by atoms with van der Waals surface area (Å²) < 4.78 is 42.7. The average Bonchev–Trinajstić information content (AvgIpc) is 2.73. The number of fused-ring (bicyclic) bond motifs is 1. The molecule has 21 heavy (non-hydrogen) atoms. The summed E-state index contributed by atoms with van der Waals surface area (Å²) in [5.74, 6) is -0.113. The average molecular weight is 313 g/mol. The minimum absolute atomic E-state index is 0.247. The van der Waals surface area contributed by atoms with Crippen LogP contribution < -0.4 is 4.90 Å². The zero-order valence-corrected chi connectivity index (χ0v) is 12.6. The molecule has 1 aliphatic heterocycles. The third-order valence-electron chi connectivity index (χ3n) is 3.65. The SMILES string of the molecule is CN(CC1CN(c2nc3ccc(F)cc3o2)C1)S(C)(=O)=O. The Labute approximate surface area is 122 Å². The van der Waals surface area contributed by atoms with E-state index < -0.39 is 10.0 Å². The summed E-state index contributed by atoms with van der Waals surface area (Å²) in [5.41, 5.74) is 1.03. The number of sulfonamides is 1. The summed E-state index contributed by atoms with van der Waals surface area (Å²) in [4.78, 5) is 6.21. The Morgan fingerprint density at radius 3 is 2.86 bits per heavy atom. The molecule has 1 fully saturated rings. The van der Waals surface area contributed by atoms with Crippen LogP contribution in [-0.4, -0.2) is 50.6 Å². The smallest absolute Gasteiger partial charge is 0.298 e. The van der Waals surface area contributed by atoms with E-state index in [4.69, 9.17) is 4.42 Å². The molecule has 114 valence electrons. The molecule has 0 unspecified atom stereocenters. The fraction of sp³-hybridized carbons (Fsp3) is 0.462. The van der Waals surface area contributed by atoms with Gasteiger partial charge in [0.25, 0.3) is 6.01 Å². The molecule has 2 heterocycles. The molecule has 1 aliphatic rings. The van der Waals surface area contributed by atoms with E-state index in [2.05, 4.69) is 4.98 Å². The highest BCUT2D eigenvalue weighted by Crippen LogP contribution is 2.28. The van der Waals surface area contributed by atoms with Gasteiger partial charge in [0.05, 0.1) is 6.26 Å². The molecule has 0 bridgehead atoms. The van der Waals surface area contributed by atoms with Crippen LogP contribution in [-0.2, 0) is 10.0 Å². The summed E-state index contributed by atoms with van der Waals surface area (Å²) in [7, 11) is -1.58. The van der Waals surface area contributed by atoms with E-state index in [0.29, 0.717) is 36.7 Å². The molecule has 0 saturated carbocycles. The van der Waals surface area contributed by atoms with Crippen molar-refractivity contribution in [3.05, 3.63) is 24.0 Å². The van der Waals surface area contributed by atoms with E-state index in [1.54, 1.807) is 13.1 Å². The Morgan fingerprint density at radius 2 is 2.19 bits per heavy atom. The molecule has 1 saturated heterocycles. The number of benzene rings is 1. The number of hydrogen-bond acceptors (Lipinski definition) is 5. The zero-order valence-electron chi connectivity index (χ0n) is 11.8. The van der Waals surface area contributed by atoms with Crippen LogP contribution in [0.1, 0.15) is 0 Å². The molecule has 0 atom stereocenters. The highest BCUT2D eigenvalue weighted by atomic mass is 32.2. The van der Waals surface area contributed by atoms with E-state index in [0.717, 1.165) is 0 Å². The first-order valence-electron chi connectivity index (χ1n) is 6.55. The van der Waals surface area contributed by atoms with E-state index in [9.17, 15) is 12.8 Å². The van der Waals surface area contributed by atoms with E-state index >= 15 is 0 Å². The van der Waals surface area contributed by atoms with Crippen molar-refractivity contribution in [1.82, 2.24) is 9.29 Å². The van der Waals surface area contributed by atoms with Crippen molar-refractivity contribution in [2.24, 2.45) is 5.92 Å². The molecule has 0 aliphatic carbocycles. The Kier molecular flexibility index (Phi) is 3.37. The van der Waals surface area contributed by atoms with Crippen LogP contribution in [0.25, 0.3) is 11.1 Å². The quantitative estimate of drug-likeness (QED) is 0.851. The maximum absolute atomic E-state index is 13.1. The Hall–Kier alpha value is -1.67. The Bertz CT molecular complexity index is 768. The molecule has 2 aromatic rings. The van der Waals surface area contributed by atoms with Gasteiger partial charge < -0.3 is 9.32 Å². The Balaban J connectivity index is 1.65. The third-order valence-corrected chi connectivity index (χ3v) is 4.93. The second-order valence-corrected chi connectivity index (χ2v) is 7.51. The number of hydrogen-bond donors (Lipinski definition) is 0.